The molecule has 5 saturated carbocycles. The Morgan fingerprint density at radius 1 is 0.304 bits per heavy atom. The van der Waals surface area contributed by atoms with Gasteiger partial charge in [0.05, 0.1) is 0 Å². The average molecular weight is 1220 g/mol. The Bertz CT molecular complexity index is 3950. The van der Waals surface area contributed by atoms with Gasteiger partial charge in [0.15, 0.2) is 18.6 Å². The fourth-order valence-corrected chi connectivity index (χ4v) is 16.9. The van der Waals surface area contributed by atoms with Crippen LogP contribution in [0.15, 0.2) is 201 Å². The van der Waals surface area contributed by atoms with E-state index in [-0.39, 0.29) is 0 Å². The molecular formula is C89H108N3+3. The predicted molar refractivity (Wildman–Crippen MR) is 387 cm³/mol. The minimum Gasteiger partial charge on any atom is -0.200 e. The molecule has 0 bridgehead atoms. The normalized spacial score (nSPS) is 21.9. The molecule has 0 saturated heterocycles. The number of hydrogen-bond donors (Lipinski definition) is 0. The summed E-state index contributed by atoms with van der Waals surface area (Å²) in [7, 11) is 6.40. The molecule has 5 aliphatic rings. The molecule has 5 fully saturated rings. The van der Waals surface area contributed by atoms with Gasteiger partial charge < -0.3 is 0 Å². The first kappa shape index (κ1) is 62.2. The van der Waals surface area contributed by atoms with Crippen molar-refractivity contribution in [1.82, 2.24) is 0 Å². The van der Waals surface area contributed by atoms with Gasteiger partial charge >= 0.3 is 0 Å². The second-order valence-electron chi connectivity index (χ2n) is 29.6. The van der Waals surface area contributed by atoms with Crippen LogP contribution in [-0.2, 0) is 21.1 Å². The number of pyridine rings is 3. The fourth-order valence-electron chi connectivity index (χ4n) is 16.9. The van der Waals surface area contributed by atoms with E-state index in [1.54, 1.807) is 5.56 Å². The Morgan fingerprint density at radius 2 is 0.598 bits per heavy atom. The highest BCUT2D eigenvalue weighted by atomic mass is 14.9. The Morgan fingerprint density at radius 3 is 0.935 bits per heavy atom. The lowest BCUT2D eigenvalue weighted by Crippen LogP contribution is -2.30. The summed E-state index contributed by atoms with van der Waals surface area (Å²) in [6.07, 6.45) is 35.7. The van der Waals surface area contributed by atoms with Gasteiger partial charge in [-0.3, -0.25) is 0 Å². The van der Waals surface area contributed by atoms with Crippen LogP contribution in [0, 0.1) is 49.9 Å². The molecule has 0 amide bonds. The third kappa shape index (κ3) is 15.9. The van der Waals surface area contributed by atoms with Gasteiger partial charge in [0.1, 0.15) is 21.1 Å². The maximum Gasteiger partial charge on any atom is 0.212 e. The summed E-state index contributed by atoms with van der Waals surface area (Å²) >= 11 is 0. The smallest absolute Gasteiger partial charge is 0.200 e. The monoisotopic (exact) mass is 1220 g/mol. The van der Waals surface area contributed by atoms with Crippen molar-refractivity contribution in [1.29, 1.82) is 0 Å². The largest absolute Gasteiger partial charge is 0.212 e. The van der Waals surface area contributed by atoms with E-state index in [9.17, 15) is 1.37 Å². The number of aryl methyl sites for hydroxylation is 6. The van der Waals surface area contributed by atoms with Crippen molar-refractivity contribution in [3.8, 4) is 67.2 Å². The lowest BCUT2D eigenvalue weighted by atomic mass is 9.70. The fraction of sp³-hybridized carbons (Fsp3) is 0.427. The van der Waals surface area contributed by atoms with Crippen molar-refractivity contribution in [2.75, 3.05) is 0 Å². The molecule has 0 spiro atoms. The molecule has 0 atom stereocenters. The highest BCUT2D eigenvalue weighted by molar-refractivity contribution is 5.69. The number of nitrogens with zero attached hydrogens (tertiary/aromatic N) is 3. The predicted octanol–water partition coefficient (Wildman–Crippen LogP) is 22.9. The molecule has 14 rings (SSSR count). The first-order valence-corrected chi connectivity index (χ1v) is 36.0. The first-order chi connectivity index (χ1) is 45.5. The Kier molecular flexibility index (Phi) is 20.5. The number of aromatic nitrogens is 3. The zero-order valence-electron chi connectivity index (χ0n) is 59.3. The topological polar surface area (TPSA) is 11.6 Å². The summed E-state index contributed by atoms with van der Waals surface area (Å²) in [5.74, 6) is 3.80. The SMILES string of the molecule is Cc1ccccc1-c1ccc(-c2ccc(C3CCC(C4CCCCC4)CC3)cc2)c[n+]1C.[2H]C1(c2ccc(-c3ccc(-c4ccccc4C)[n+](C)c3)cc2)CCC(C)(C)CC1.[2H]C1(c2ccc(-c3ccc(-c4ccccc4C)[n+](C)c3)cc2)CCC(C2CCCCC2)CC1. The van der Waals surface area contributed by atoms with Crippen LogP contribution in [0.25, 0.3) is 67.2 Å². The zero-order chi connectivity index (χ0) is 65.4. The van der Waals surface area contributed by atoms with Crippen LogP contribution in [0.5, 0.6) is 0 Å². The van der Waals surface area contributed by atoms with Crippen molar-refractivity contribution >= 4 is 0 Å². The van der Waals surface area contributed by atoms with Crippen molar-refractivity contribution < 1.29 is 16.4 Å². The highest BCUT2D eigenvalue weighted by Gasteiger charge is 2.32. The molecule has 5 aliphatic carbocycles. The Labute approximate surface area is 558 Å². The lowest BCUT2D eigenvalue weighted by molar-refractivity contribution is -0.660. The van der Waals surface area contributed by atoms with E-state index in [0.29, 0.717) is 5.41 Å². The molecule has 476 valence electrons. The molecule has 0 aliphatic heterocycles. The summed E-state index contributed by atoms with van der Waals surface area (Å²) in [6, 6.07) is 66.2. The summed E-state index contributed by atoms with van der Waals surface area (Å²) in [5.41, 5.74) is 23.3. The molecular weight excluding hydrogens is 1110 g/mol. The zero-order valence-corrected chi connectivity index (χ0v) is 57.3. The van der Waals surface area contributed by atoms with Gasteiger partial charge in [-0.25, -0.2) is 13.7 Å². The van der Waals surface area contributed by atoms with E-state index in [1.807, 2.05) is 0 Å². The first-order valence-electron chi connectivity index (χ1n) is 37.0. The Hall–Kier alpha value is -7.23. The lowest BCUT2D eigenvalue weighted by Gasteiger charge is -2.36. The van der Waals surface area contributed by atoms with Gasteiger partial charge in [-0.1, -0.05) is 205 Å². The molecule has 6 aromatic carbocycles. The van der Waals surface area contributed by atoms with Crippen molar-refractivity contribution in [3.05, 3.63) is 234 Å². The standard InChI is InChI=1S/2C31H38N.C27H32N/c2*1-23-8-6-7-11-30(23)31-21-20-29(22-32(31)2)28-18-16-27(17-19-28)26-14-12-25(13-15-26)24-9-4-3-5-10-24;1-20-7-5-6-8-25(20)26-14-13-24(19-28(26)4)22-11-9-21(10-12-22)23-15-17-27(2,3)18-16-23/h2*6-8,11,16-22,24-26H,3-5,9-10,12-15H2,1-2H3;5-14,19,23H,15-18H2,1-4H3/q3*+1/i26D;;23D. The Balaban J connectivity index is 0.000000136. The number of hydrogen-bond acceptors (Lipinski definition) is 0. The molecule has 3 heterocycles. The summed E-state index contributed by atoms with van der Waals surface area (Å²) in [5, 5.41) is 0. The van der Waals surface area contributed by atoms with Gasteiger partial charge in [0.2, 0.25) is 17.1 Å². The molecule has 3 heteroatoms. The van der Waals surface area contributed by atoms with Gasteiger partial charge in [-0.2, -0.15) is 0 Å². The van der Waals surface area contributed by atoms with Gasteiger partial charge in [-0.05, 0) is 231 Å². The van der Waals surface area contributed by atoms with E-state index in [1.165, 1.54) is 192 Å². The minimum absolute atomic E-state index is 0.387. The quantitative estimate of drug-likeness (QED) is 0.114. The van der Waals surface area contributed by atoms with Gasteiger partial charge in [0, 0.05) is 54.3 Å². The van der Waals surface area contributed by atoms with E-state index < -0.39 is 11.8 Å². The van der Waals surface area contributed by atoms with Gasteiger partial charge in [-0.15, -0.1) is 0 Å². The summed E-state index contributed by atoms with van der Waals surface area (Å²) in [4.78, 5) is 0. The van der Waals surface area contributed by atoms with Crippen LogP contribution in [0.1, 0.15) is 209 Å². The van der Waals surface area contributed by atoms with Crippen LogP contribution >= 0.6 is 0 Å². The van der Waals surface area contributed by atoms with Crippen LogP contribution in [0.2, 0.25) is 0 Å². The third-order valence-electron chi connectivity index (χ3n) is 22.9. The summed E-state index contributed by atoms with van der Waals surface area (Å²) in [6.45, 7) is 11.2. The van der Waals surface area contributed by atoms with Crippen LogP contribution < -0.4 is 13.7 Å². The van der Waals surface area contributed by atoms with Crippen molar-refractivity contribution in [3.63, 3.8) is 0 Å². The molecule has 0 N–H and O–H groups in total. The number of rotatable bonds is 11. The van der Waals surface area contributed by atoms with Crippen molar-refractivity contribution in [2.45, 2.75) is 194 Å². The van der Waals surface area contributed by atoms with Crippen LogP contribution in [0.4, 0.5) is 0 Å². The van der Waals surface area contributed by atoms with Crippen molar-refractivity contribution in [2.24, 2.45) is 50.2 Å². The van der Waals surface area contributed by atoms with E-state index in [4.69, 9.17) is 1.37 Å². The molecule has 3 aromatic heterocycles. The second kappa shape index (κ2) is 30.2. The second-order valence-corrected chi connectivity index (χ2v) is 29.6. The maximum absolute atomic E-state index is 9.21. The van der Waals surface area contributed by atoms with E-state index >= 15 is 0 Å². The molecule has 0 radical (unpaired) electrons. The highest BCUT2D eigenvalue weighted by Crippen LogP contribution is 2.46. The van der Waals surface area contributed by atoms with Crippen LogP contribution in [-0.4, -0.2) is 0 Å². The number of benzene rings is 6. The molecule has 3 nitrogen and oxygen atoms in total. The molecule has 9 aromatic rings. The minimum atomic E-state index is -0.423. The average Bonchev–Trinajstić information content (AvgIpc) is 0.853. The third-order valence-corrected chi connectivity index (χ3v) is 22.9. The molecule has 92 heavy (non-hydrogen) atoms. The van der Waals surface area contributed by atoms with Crippen LogP contribution in [0.3, 0.4) is 0 Å². The van der Waals surface area contributed by atoms with E-state index in [2.05, 4.69) is 270 Å². The van der Waals surface area contributed by atoms with Gasteiger partial charge in [0.25, 0.3) is 0 Å². The maximum atomic E-state index is 9.21. The molecule has 0 unspecified atom stereocenters. The summed E-state index contributed by atoms with van der Waals surface area (Å²) < 4.78 is 24.9. The van der Waals surface area contributed by atoms with E-state index in [0.717, 1.165) is 73.7 Å².